The minimum Gasteiger partial charge on any atom is -0.368 e. The van der Waals surface area contributed by atoms with Crippen molar-refractivity contribution < 1.29 is 0 Å². The average Bonchev–Trinajstić information content (AvgIpc) is 2.97. The molecule has 0 spiro atoms. The first-order valence-electron chi connectivity index (χ1n) is 8.40. The minimum atomic E-state index is 0.224. The molecule has 128 valence electrons. The molecule has 2 aromatic heterocycles. The topological polar surface area (TPSA) is 56.7 Å². The molecule has 0 unspecified atom stereocenters. The molecule has 24 heavy (non-hydrogen) atoms. The monoisotopic (exact) mass is 344 g/mol. The number of aryl methyl sites for hydroxylation is 1. The van der Waals surface area contributed by atoms with Crippen LogP contribution in [0.2, 0.25) is 5.02 Å². The van der Waals surface area contributed by atoms with E-state index < -0.39 is 0 Å². The van der Waals surface area contributed by atoms with Gasteiger partial charge in [-0.15, -0.1) is 0 Å². The molecule has 3 rings (SSSR count). The second-order valence-electron chi connectivity index (χ2n) is 5.80. The summed E-state index contributed by atoms with van der Waals surface area (Å²) in [4.78, 5) is 8.11. The van der Waals surface area contributed by atoms with Gasteiger partial charge in [0.1, 0.15) is 0 Å². The number of unbranched alkanes of at least 4 members (excludes halogenated alkanes) is 3. The second-order valence-corrected chi connectivity index (χ2v) is 6.20. The van der Waals surface area contributed by atoms with Gasteiger partial charge in [-0.1, -0.05) is 63.3 Å². The molecule has 5 heteroatoms. The minimum absolute atomic E-state index is 0.224. The van der Waals surface area contributed by atoms with Crippen molar-refractivity contribution in [1.29, 1.82) is 0 Å². The molecule has 0 saturated heterocycles. The molecular formula is C19H25ClN4. The van der Waals surface area contributed by atoms with Gasteiger partial charge in [-0.2, -0.15) is 0 Å². The predicted molar refractivity (Wildman–Crippen MR) is 103 cm³/mol. The maximum absolute atomic E-state index is 6.15. The average molecular weight is 345 g/mol. The lowest BCUT2D eigenvalue weighted by molar-refractivity contribution is 0.702. The lowest BCUT2D eigenvalue weighted by atomic mass is 10.1. The van der Waals surface area contributed by atoms with Crippen molar-refractivity contribution in [2.45, 2.75) is 39.5 Å². The van der Waals surface area contributed by atoms with Crippen LogP contribution in [0.15, 0.2) is 36.7 Å². The van der Waals surface area contributed by atoms with Crippen molar-refractivity contribution in [3.8, 4) is 11.3 Å². The van der Waals surface area contributed by atoms with E-state index in [2.05, 4.69) is 34.4 Å². The van der Waals surface area contributed by atoms with Crippen LogP contribution in [-0.2, 0) is 7.05 Å². The summed E-state index contributed by atoms with van der Waals surface area (Å²) in [6, 6.07) is 8.05. The Morgan fingerprint density at radius 3 is 2.50 bits per heavy atom. The van der Waals surface area contributed by atoms with Gasteiger partial charge in [0.25, 0.3) is 0 Å². The zero-order chi connectivity index (χ0) is 17.5. The van der Waals surface area contributed by atoms with E-state index in [1.807, 2.05) is 31.4 Å². The van der Waals surface area contributed by atoms with E-state index >= 15 is 0 Å². The molecule has 0 radical (unpaired) electrons. The number of nitrogens with zero attached hydrogens (tertiary/aromatic N) is 3. The summed E-state index contributed by atoms with van der Waals surface area (Å²) in [5.74, 6) is 0.224. The molecule has 0 bridgehead atoms. The van der Waals surface area contributed by atoms with E-state index in [1.165, 1.54) is 31.9 Å². The third kappa shape index (κ3) is 4.26. The van der Waals surface area contributed by atoms with Gasteiger partial charge in [0.05, 0.1) is 16.9 Å². The van der Waals surface area contributed by atoms with E-state index in [0.29, 0.717) is 10.7 Å². The highest BCUT2D eigenvalue weighted by Crippen LogP contribution is 2.32. The highest BCUT2D eigenvalue weighted by molar-refractivity contribution is 6.33. The number of rotatable bonds is 4. The fourth-order valence-electron chi connectivity index (χ4n) is 2.58. The van der Waals surface area contributed by atoms with Gasteiger partial charge in [-0.05, 0) is 12.1 Å². The molecule has 0 aliphatic heterocycles. The van der Waals surface area contributed by atoms with Gasteiger partial charge in [-0.3, -0.25) is 0 Å². The Hall–Kier alpha value is -2.07. The standard InChI is InChI=1S/C13H11ClN4.C6H14/c1-18-6-5-8-9(3-2-4-11(8)18)12-10(14)7-16-13(15)17-12;1-3-5-6-4-2/h2-7H,1H3,(H2,15,16,17);3-6H2,1-2H3. The molecular weight excluding hydrogens is 320 g/mol. The van der Waals surface area contributed by atoms with Crippen molar-refractivity contribution in [2.24, 2.45) is 7.05 Å². The van der Waals surface area contributed by atoms with Crippen LogP contribution in [0.1, 0.15) is 39.5 Å². The van der Waals surface area contributed by atoms with Crippen molar-refractivity contribution in [3.05, 3.63) is 41.7 Å². The zero-order valence-corrected chi connectivity index (χ0v) is 15.3. The Balaban J connectivity index is 0.000000301. The number of anilines is 1. The fourth-order valence-corrected chi connectivity index (χ4v) is 2.77. The summed E-state index contributed by atoms with van der Waals surface area (Å²) < 4.78 is 2.05. The third-order valence-electron chi connectivity index (χ3n) is 3.90. The Labute approximate surface area is 148 Å². The Morgan fingerprint density at radius 2 is 1.83 bits per heavy atom. The quantitative estimate of drug-likeness (QED) is 0.639. The Kier molecular flexibility index (Phi) is 6.62. The second kappa shape index (κ2) is 8.69. The Bertz CT molecular complexity index is 791. The molecule has 0 atom stereocenters. The van der Waals surface area contributed by atoms with E-state index in [1.54, 1.807) is 0 Å². The first-order valence-corrected chi connectivity index (χ1v) is 8.78. The maximum atomic E-state index is 6.15. The lowest BCUT2D eigenvalue weighted by Crippen LogP contribution is -1.96. The van der Waals surface area contributed by atoms with Crippen LogP contribution < -0.4 is 5.73 Å². The van der Waals surface area contributed by atoms with Gasteiger partial charge >= 0.3 is 0 Å². The summed E-state index contributed by atoms with van der Waals surface area (Å²) in [7, 11) is 2.00. The Morgan fingerprint density at radius 1 is 1.12 bits per heavy atom. The highest BCUT2D eigenvalue weighted by Gasteiger charge is 2.11. The number of benzene rings is 1. The van der Waals surface area contributed by atoms with Crippen molar-refractivity contribution in [3.63, 3.8) is 0 Å². The van der Waals surface area contributed by atoms with Gasteiger partial charge in [0.15, 0.2) is 0 Å². The molecule has 0 amide bonds. The predicted octanol–water partition coefficient (Wildman–Crippen LogP) is 5.46. The lowest BCUT2D eigenvalue weighted by Gasteiger charge is -2.06. The number of nitrogens with two attached hydrogens (primary N) is 1. The summed E-state index contributed by atoms with van der Waals surface area (Å²) in [5, 5.41) is 1.60. The van der Waals surface area contributed by atoms with Crippen molar-refractivity contribution in [1.82, 2.24) is 14.5 Å². The van der Waals surface area contributed by atoms with E-state index in [9.17, 15) is 0 Å². The van der Waals surface area contributed by atoms with E-state index in [-0.39, 0.29) is 5.95 Å². The zero-order valence-electron chi connectivity index (χ0n) is 14.6. The summed E-state index contributed by atoms with van der Waals surface area (Å²) >= 11 is 6.15. The van der Waals surface area contributed by atoms with Gasteiger partial charge in [0, 0.05) is 29.7 Å². The number of halogens is 1. The number of hydrogen-bond acceptors (Lipinski definition) is 3. The van der Waals surface area contributed by atoms with Crippen molar-refractivity contribution >= 4 is 28.5 Å². The molecule has 0 aliphatic carbocycles. The SMILES string of the molecule is CCCCCC.Cn1ccc2c(-c3nc(N)ncc3Cl)cccc21. The third-order valence-corrected chi connectivity index (χ3v) is 4.18. The van der Waals surface area contributed by atoms with Gasteiger partial charge < -0.3 is 10.3 Å². The smallest absolute Gasteiger partial charge is 0.220 e. The van der Waals surface area contributed by atoms with Crippen LogP contribution in [0.5, 0.6) is 0 Å². The van der Waals surface area contributed by atoms with Gasteiger partial charge in [0.2, 0.25) is 5.95 Å². The highest BCUT2D eigenvalue weighted by atomic mass is 35.5. The van der Waals surface area contributed by atoms with Crippen molar-refractivity contribution in [2.75, 3.05) is 5.73 Å². The van der Waals surface area contributed by atoms with Crippen LogP contribution in [0, 0.1) is 0 Å². The fraction of sp³-hybridized carbons (Fsp3) is 0.368. The molecule has 2 heterocycles. The first-order chi connectivity index (χ1) is 11.6. The number of hydrogen-bond donors (Lipinski definition) is 1. The van der Waals surface area contributed by atoms with E-state index in [0.717, 1.165) is 16.5 Å². The van der Waals surface area contributed by atoms with Gasteiger partial charge in [-0.25, -0.2) is 9.97 Å². The number of fused-ring (bicyclic) bond motifs is 1. The van der Waals surface area contributed by atoms with Crippen LogP contribution in [0.25, 0.3) is 22.2 Å². The van der Waals surface area contributed by atoms with Crippen LogP contribution in [-0.4, -0.2) is 14.5 Å². The van der Waals surface area contributed by atoms with E-state index in [4.69, 9.17) is 17.3 Å². The maximum Gasteiger partial charge on any atom is 0.220 e. The summed E-state index contributed by atoms with van der Waals surface area (Å²) in [5.41, 5.74) is 8.39. The number of nitrogen functional groups attached to an aromatic ring is 1. The first kappa shape index (κ1) is 18.3. The molecule has 1 aromatic carbocycles. The number of aromatic nitrogens is 3. The normalized spacial score (nSPS) is 10.5. The van der Waals surface area contributed by atoms with Crippen LogP contribution in [0.4, 0.5) is 5.95 Å². The van der Waals surface area contributed by atoms with Crippen LogP contribution >= 0.6 is 11.6 Å². The molecule has 3 aromatic rings. The molecule has 0 saturated carbocycles. The summed E-state index contributed by atoms with van der Waals surface area (Å²) in [6.07, 6.45) is 9.07. The molecule has 0 aliphatic rings. The largest absolute Gasteiger partial charge is 0.368 e. The van der Waals surface area contributed by atoms with Crippen LogP contribution in [0.3, 0.4) is 0 Å². The molecule has 0 fully saturated rings. The molecule has 4 nitrogen and oxygen atoms in total. The summed E-state index contributed by atoms with van der Waals surface area (Å²) in [6.45, 7) is 4.46. The molecule has 2 N–H and O–H groups in total.